The van der Waals surface area contributed by atoms with E-state index in [1.54, 1.807) is 0 Å². The minimum atomic E-state index is -1.66. The molecule has 0 aliphatic carbocycles. The molecule has 0 atom stereocenters. The zero-order chi connectivity index (χ0) is 6.62. The van der Waals surface area contributed by atoms with Crippen molar-refractivity contribution in [2.24, 2.45) is 0 Å². The fourth-order valence-corrected chi connectivity index (χ4v) is 0.259. The van der Waals surface area contributed by atoms with Crippen LogP contribution in [0.2, 0.25) is 0 Å². The highest BCUT2D eigenvalue weighted by Gasteiger charge is 2.19. The first kappa shape index (κ1) is 8.79. The molecule has 5 heteroatoms. The molecule has 0 N–H and O–H groups in total. The summed E-state index contributed by atoms with van der Waals surface area (Å²) in [6.45, 7) is -0.0174. The zero-order valence-corrected chi connectivity index (χ0v) is 6.43. The van der Waals surface area contributed by atoms with Gasteiger partial charge in [-0.05, 0) is 0 Å². The first-order chi connectivity index (χ1) is 3.56. The third-order valence-electron chi connectivity index (χ3n) is 0.340. The molecule has 0 radical (unpaired) electrons. The van der Waals surface area contributed by atoms with Gasteiger partial charge >= 0.3 is 0 Å². The lowest BCUT2D eigenvalue weighted by molar-refractivity contribution is -0.0347. The van der Waals surface area contributed by atoms with Crippen LogP contribution in [0.15, 0.2) is 0 Å². The maximum Gasteiger partial charge on any atom is 0.299 e. The van der Waals surface area contributed by atoms with E-state index >= 15 is 0 Å². The summed E-state index contributed by atoms with van der Waals surface area (Å²) in [5, 5.41) is 0. The van der Waals surface area contributed by atoms with Gasteiger partial charge < -0.3 is 9.47 Å². The van der Waals surface area contributed by atoms with E-state index in [1.165, 1.54) is 7.11 Å². The highest BCUT2D eigenvalue weighted by molar-refractivity contribution is 6.66. The van der Waals surface area contributed by atoms with E-state index in [-0.39, 0.29) is 6.79 Å². The van der Waals surface area contributed by atoms with Gasteiger partial charge in [-0.1, -0.05) is 34.8 Å². The van der Waals surface area contributed by atoms with Crippen LogP contribution in [0.1, 0.15) is 0 Å². The fraction of sp³-hybridized carbons (Fsp3) is 1.00. The van der Waals surface area contributed by atoms with Gasteiger partial charge in [-0.25, -0.2) is 0 Å². The second-order valence-corrected chi connectivity index (χ2v) is 3.17. The number of ether oxygens (including phenoxy) is 2. The maximum atomic E-state index is 5.14. The standard InChI is InChI=1S/C3H5Cl3O2/c1-7-2-8-3(4,5)6/h2H2,1H3. The number of halogens is 3. The number of rotatable bonds is 2. The monoisotopic (exact) mass is 178 g/mol. The molecule has 0 aromatic rings. The molecule has 0 aromatic heterocycles. The minimum absolute atomic E-state index is 0.0174. The zero-order valence-electron chi connectivity index (χ0n) is 4.16. The molecule has 0 aliphatic heterocycles. The van der Waals surface area contributed by atoms with Crippen molar-refractivity contribution >= 4 is 34.8 Å². The average molecular weight is 179 g/mol. The van der Waals surface area contributed by atoms with E-state index in [0.717, 1.165) is 0 Å². The van der Waals surface area contributed by atoms with E-state index in [1.807, 2.05) is 0 Å². The maximum absolute atomic E-state index is 5.14. The van der Waals surface area contributed by atoms with Crippen molar-refractivity contribution in [2.75, 3.05) is 13.9 Å². The van der Waals surface area contributed by atoms with Crippen LogP contribution in [0.5, 0.6) is 0 Å². The van der Waals surface area contributed by atoms with Crippen LogP contribution in [-0.4, -0.2) is 17.9 Å². The van der Waals surface area contributed by atoms with E-state index in [2.05, 4.69) is 9.47 Å². The van der Waals surface area contributed by atoms with E-state index in [9.17, 15) is 0 Å². The summed E-state index contributed by atoms with van der Waals surface area (Å²) in [5.41, 5.74) is 0. The summed E-state index contributed by atoms with van der Waals surface area (Å²) in [4.78, 5) is 0. The van der Waals surface area contributed by atoms with Gasteiger partial charge in [0, 0.05) is 7.11 Å². The third-order valence-corrected chi connectivity index (χ3v) is 0.668. The van der Waals surface area contributed by atoms with Crippen molar-refractivity contribution in [2.45, 2.75) is 3.98 Å². The molecule has 0 aromatic carbocycles. The van der Waals surface area contributed by atoms with Crippen molar-refractivity contribution in [3.63, 3.8) is 0 Å². The Balaban J connectivity index is 3.11. The molecule has 0 rings (SSSR count). The minimum Gasteiger partial charge on any atom is -0.358 e. The Labute approximate surface area is 62.6 Å². The second kappa shape index (κ2) is 3.75. The molecule has 2 nitrogen and oxygen atoms in total. The van der Waals surface area contributed by atoms with Gasteiger partial charge in [0.05, 0.1) is 0 Å². The molecule has 50 valence electrons. The number of hydrogen-bond acceptors (Lipinski definition) is 2. The van der Waals surface area contributed by atoms with Crippen LogP contribution in [-0.2, 0) is 9.47 Å². The molecule has 0 amide bonds. The quantitative estimate of drug-likeness (QED) is 0.476. The van der Waals surface area contributed by atoms with Crippen molar-refractivity contribution < 1.29 is 9.47 Å². The van der Waals surface area contributed by atoms with E-state index in [4.69, 9.17) is 34.8 Å². The molecule has 8 heavy (non-hydrogen) atoms. The Hall–Kier alpha value is 0.790. The van der Waals surface area contributed by atoms with E-state index in [0.29, 0.717) is 0 Å². The fourth-order valence-electron chi connectivity index (χ4n) is 0.126. The normalized spacial score (nSPS) is 12.0. The summed E-state index contributed by atoms with van der Waals surface area (Å²) in [5.74, 6) is 0. The Morgan fingerprint density at radius 1 is 1.38 bits per heavy atom. The average Bonchev–Trinajstić information content (AvgIpc) is 1.59. The van der Waals surface area contributed by atoms with Crippen LogP contribution in [0.3, 0.4) is 0 Å². The first-order valence-electron chi connectivity index (χ1n) is 1.76. The van der Waals surface area contributed by atoms with Gasteiger partial charge in [0.2, 0.25) is 0 Å². The number of methoxy groups -OCH3 is 1. The lowest BCUT2D eigenvalue weighted by Gasteiger charge is -2.09. The van der Waals surface area contributed by atoms with Crippen LogP contribution in [0.4, 0.5) is 0 Å². The second-order valence-electron chi connectivity index (χ2n) is 0.997. The van der Waals surface area contributed by atoms with Crippen molar-refractivity contribution in [1.82, 2.24) is 0 Å². The molecule has 0 fully saturated rings. The Morgan fingerprint density at radius 3 is 2.00 bits per heavy atom. The summed E-state index contributed by atoms with van der Waals surface area (Å²) in [6, 6.07) is 0. The van der Waals surface area contributed by atoms with Gasteiger partial charge in [0.25, 0.3) is 3.98 Å². The summed E-state index contributed by atoms with van der Waals surface area (Å²) < 4.78 is 7.24. The molecule has 0 bridgehead atoms. The number of hydrogen-bond donors (Lipinski definition) is 0. The summed E-state index contributed by atoms with van der Waals surface area (Å²) in [7, 11) is 1.44. The van der Waals surface area contributed by atoms with Gasteiger partial charge in [0.1, 0.15) is 0 Å². The van der Waals surface area contributed by atoms with Crippen molar-refractivity contribution in [1.29, 1.82) is 0 Å². The lowest BCUT2D eigenvalue weighted by Crippen LogP contribution is -2.10. The smallest absolute Gasteiger partial charge is 0.299 e. The van der Waals surface area contributed by atoms with Gasteiger partial charge in [-0.3, -0.25) is 0 Å². The predicted molar refractivity (Wildman–Crippen MR) is 33.3 cm³/mol. The highest BCUT2D eigenvalue weighted by Crippen LogP contribution is 2.26. The number of alkyl halides is 3. The third kappa shape index (κ3) is 6.79. The molecule has 0 saturated carbocycles. The largest absolute Gasteiger partial charge is 0.358 e. The van der Waals surface area contributed by atoms with E-state index < -0.39 is 3.98 Å². The SMILES string of the molecule is COCOC(Cl)(Cl)Cl. The van der Waals surface area contributed by atoms with Crippen LogP contribution < -0.4 is 0 Å². The van der Waals surface area contributed by atoms with Crippen LogP contribution in [0, 0.1) is 0 Å². The van der Waals surface area contributed by atoms with Crippen molar-refractivity contribution in [3.8, 4) is 0 Å². The Bertz CT molecular complexity index is 60.0. The summed E-state index contributed by atoms with van der Waals surface area (Å²) in [6.07, 6.45) is 0. The van der Waals surface area contributed by atoms with Crippen molar-refractivity contribution in [3.05, 3.63) is 0 Å². The highest BCUT2D eigenvalue weighted by atomic mass is 35.6. The molecule has 0 unspecified atom stereocenters. The first-order valence-corrected chi connectivity index (χ1v) is 2.89. The molecule has 0 heterocycles. The lowest BCUT2D eigenvalue weighted by atomic mass is 11.3. The van der Waals surface area contributed by atoms with Crippen LogP contribution >= 0.6 is 34.8 Å². The molecule has 0 saturated heterocycles. The molecular weight excluding hydrogens is 174 g/mol. The predicted octanol–water partition coefficient (Wildman–Crippen LogP) is 1.93. The topological polar surface area (TPSA) is 18.5 Å². The molecule has 0 aliphatic rings. The Morgan fingerprint density at radius 2 is 1.88 bits per heavy atom. The molecular formula is C3H5Cl3O2. The molecule has 0 spiro atoms. The van der Waals surface area contributed by atoms with Crippen LogP contribution in [0.25, 0.3) is 0 Å². The summed E-state index contributed by atoms with van der Waals surface area (Å²) >= 11 is 15.4. The van der Waals surface area contributed by atoms with Gasteiger partial charge in [-0.2, -0.15) is 0 Å². The van der Waals surface area contributed by atoms with Gasteiger partial charge in [-0.15, -0.1) is 0 Å². The Kier molecular flexibility index (Phi) is 4.12. The van der Waals surface area contributed by atoms with Gasteiger partial charge in [0.15, 0.2) is 6.79 Å².